The van der Waals surface area contributed by atoms with Crippen LogP contribution in [0.1, 0.15) is 65.2 Å². The predicted molar refractivity (Wildman–Crippen MR) is 159 cm³/mol. The molecular formula is C31H44N2O10. The number of carboxylic acid groups (broad SMARTS) is 1. The molecule has 0 spiro atoms. The first-order valence-electron chi connectivity index (χ1n) is 13.6. The predicted octanol–water partition coefficient (Wildman–Crippen LogP) is 3.70. The van der Waals surface area contributed by atoms with Gasteiger partial charge in [0, 0.05) is 35.3 Å². The van der Waals surface area contributed by atoms with E-state index in [0.717, 1.165) is 24.3 Å². The molecule has 1 rings (SSSR count). The van der Waals surface area contributed by atoms with Crippen LogP contribution in [0.2, 0.25) is 0 Å². The molecule has 12 nitrogen and oxygen atoms in total. The highest BCUT2D eigenvalue weighted by Gasteiger charge is 2.46. The number of carbonyl (C=O) groups is 4. The number of quaternary nitrogens is 1. The summed E-state index contributed by atoms with van der Waals surface area (Å²) in [4.78, 5) is 55.2. The molecule has 1 aromatic rings. The van der Waals surface area contributed by atoms with Gasteiger partial charge in [-0.2, -0.15) is 0 Å². The quantitative estimate of drug-likeness (QED) is 0.0679. The van der Waals surface area contributed by atoms with E-state index in [2.05, 4.69) is 47.4 Å². The molecule has 43 heavy (non-hydrogen) atoms. The average molecular weight is 605 g/mol. The van der Waals surface area contributed by atoms with Gasteiger partial charge in [-0.3, -0.25) is 10.1 Å². The fourth-order valence-electron chi connectivity index (χ4n) is 4.24. The van der Waals surface area contributed by atoms with Crippen LogP contribution in [-0.2, 0) is 28.6 Å². The van der Waals surface area contributed by atoms with Crippen LogP contribution in [0.15, 0.2) is 60.7 Å². The smallest absolute Gasteiger partial charge is 0.333 e. The zero-order valence-electron chi connectivity index (χ0n) is 26.2. The van der Waals surface area contributed by atoms with Gasteiger partial charge in [-0.05, 0) is 66.2 Å². The number of esters is 3. The van der Waals surface area contributed by atoms with Crippen LogP contribution in [0.5, 0.6) is 0 Å². The summed E-state index contributed by atoms with van der Waals surface area (Å²) in [5.41, 5.74) is 0.434. The zero-order chi connectivity index (χ0) is 33.5. The number of nitro benzene ring substituents is 1. The summed E-state index contributed by atoms with van der Waals surface area (Å²) in [5, 5.41) is 20.3. The van der Waals surface area contributed by atoms with Gasteiger partial charge in [-0.1, -0.05) is 19.7 Å². The lowest BCUT2D eigenvalue weighted by Gasteiger charge is -2.53. The number of non-ortho nitro benzene ring substituents is 1. The molecule has 0 saturated carbocycles. The van der Waals surface area contributed by atoms with Gasteiger partial charge in [0.2, 0.25) is 0 Å². The first-order chi connectivity index (χ1) is 19.8. The normalized spacial score (nSPS) is 11.0. The highest BCUT2D eigenvalue weighted by molar-refractivity contribution is 5.87. The van der Waals surface area contributed by atoms with Crippen molar-refractivity contribution in [2.24, 2.45) is 0 Å². The zero-order valence-corrected chi connectivity index (χ0v) is 26.2. The maximum atomic E-state index is 11.9. The van der Waals surface area contributed by atoms with Crippen LogP contribution in [0.3, 0.4) is 0 Å². The van der Waals surface area contributed by atoms with Crippen molar-refractivity contribution in [3.63, 3.8) is 0 Å². The first-order valence-corrected chi connectivity index (χ1v) is 13.6. The number of rotatable bonds is 16. The number of nitrogens with zero attached hydrogens (tertiary/aromatic N) is 2. The number of benzene rings is 1. The molecule has 0 aliphatic heterocycles. The third-order valence-corrected chi connectivity index (χ3v) is 6.95. The molecule has 0 heterocycles. The third-order valence-electron chi connectivity index (χ3n) is 6.95. The molecule has 0 amide bonds. The fourth-order valence-corrected chi connectivity index (χ4v) is 4.24. The van der Waals surface area contributed by atoms with Crippen molar-refractivity contribution in [1.82, 2.24) is 0 Å². The van der Waals surface area contributed by atoms with Crippen LogP contribution >= 0.6 is 0 Å². The van der Waals surface area contributed by atoms with Gasteiger partial charge < -0.3 is 28.6 Å². The molecule has 0 aromatic heterocycles. The Morgan fingerprint density at radius 2 is 1.19 bits per heavy atom. The van der Waals surface area contributed by atoms with Gasteiger partial charge in [-0.15, -0.1) is 0 Å². The monoisotopic (exact) mass is 604 g/mol. The second kappa shape index (κ2) is 17.6. The highest BCUT2D eigenvalue weighted by Crippen LogP contribution is 2.32. The van der Waals surface area contributed by atoms with Crippen LogP contribution in [-0.4, -0.2) is 77.8 Å². The van der Waals surface area contributed by atoms with Gasteiger partial charge in [0.05, 0.1) is 29.1 Å². The molecule has 1 aromatic carbocycles. The number of carboxylic acids is 1. The Labute approximate surface area is 253 Å². The summed E-state index contributed by atoms with van der Waals surface area (Å²) in [6.45, 7) is 25.5. The Morgan fingerprint density at radius 3 is 1.49 bits per heavy atom. The lowest BCUT2D eigenvalue weighted by molar-refractivity contribution is -0.991. The van der Waals surface area contributed by atoms with Crippen LogP contribution in [0, 0.1) is 10.1 Å². The summed E-state index contributed by atoms with van der Waals surface area (Å²) in [5.74, 6) is -2.65. The Balaban J connectivity index is 0.00000121. The van der Waals surface area contributed by atoms with E-state index in [1.54, 1.807) is 20.8 Å². The lowest BCUT2D eigenvalue weighted by atomic mass is 9.91. The number of nitro groups is 1. The van der Waals surface area contributed by atoms with E-state index < -0.39 is 28.8 Å². The van der Waals surface area contributed by atoms with Gasteiger partial charge in [0.1, 0.15) is 26.3 Å². The lowest BCUT2D eigenvalue weighted by Crippen LogP contribution is -2.67. The fraction of sp³-hybridized carbons (Fsp3) is 0.484. The van der Waals surface area contributed by atoms with E-state index in [1.807, 2.05) is 0 Å². The maximum absolute atomic E-state index is 11.9. The minimum Gasteiger partial charge on any atom is -0.545 e. The Hall–Kier alpha value is -4.32. The van der Waals surface area contributed by atoms with Gasteiger partial charge in [0.15, 0.2) is 0 Å². The number of hydrogen-bond acceptors (Lipinski definition) is 10. The SMILES string of the molecule is C=C(C)C(=O)OCCC(C)(C)[N+](CCOC(=O)C(=C)C)(CCOC(=O)C(=C)C)C(C)C.O=C([O-])c1ccc([N+](=O)[O-])cc1. The molecule has 0 aliphatic rings. The number of ether oxygens (including phenoxy) is 3. The topological polar surface area (TPSA) is 162 Å². The van der Waals surface area contributed by atoms with Crippen molar-refractivity contribution in [3.05, 3.63) is 76.4 Å². The second-order valence-corrected chi connectivity index (χ2v) is 11.0. The number of carbonyl (C=O) groups excluding carboxylic acids is 4. The molecule has 0 unspecified atom stereocenters. The largest absolute Gasteiger partial charge is 0.545 e. The summed E-state index contributed by atoms with van der Waals surface area (Å²) in [6, 6.07) is 4.61. The molecule has 238 valence electrons. The van der Waals surface area contributed by atoms with Crippen molar-refractivity contribution in [2.75, 3.05) is 32.9 Å². The highest BCUT2D eigenvalue weighted by atomic mass is 16.6. The van der Waals surface area contributed by atoms with Crippen molar-refractivity contribution in [2.45, 2.75) is 66.5 Å². The third kappa shape index (κ3) is 12.6. The maximum Gasteiger partial charge on any atom is 0.333 e. The van der Waals surface area contributed by atoms with Gasteiger partial charge in [-0.25, -0.2) is 14.4 Å². The van der Waals surface area contributed by atoms with Crippen molar-refractivity contribution < 1.29 is 47.9 Å². The van der Waals surface area contributed by atoms with E-state index in [1.165, 1.54) is 0 Å². The molecule has 0 saturated heterocycles. The molecule has 0 aliphatic carbocycles. The Morgan fingerprint density at radius 1 is 0.814 bits per heavy atom. The Bertz CT molecular complexity index is 1130. The summed E-state index contributed by atoms with van der Waals surface area (Å²) >= 11 is 0. The average Bonchev–Trinajstić information content (AvgIpc) is 2.91. The van der Waals surface area contributed by atoms with E-state index in [0.29, 0.717) is 40.7 Å². The number of hydrogen-bond donors (Lipinski definition) is 0. The van der Waals surface area contributed by atoms with Crippen LogP contribution in [0.25, 0.3) is 0 Å². The van der Waals surface area contributed by atoms with Gasteiger partial charge >= 0.3 is 17.9 Å². The molecule has 0 radical (unpaired) electrons. The van der Waals surface area contributed by atoms with Crippen molar-refractivity contribution in [1.29, 1.82) is 0 Å². The minimum atomic E-state index is -1.34. The first kappa shape index (κ1) is 38.7. The Kier molecular flexibility index (Phi) is 15.8. The van der Waals surface area contributed by atoms with Crippen LogP contribution in [0.4, 0.5) is 5.69 Å². The molecule has 0 atom stereocenters. The van der Waals surface area contributed by atoms with Gasteiger partial charge in [0.25, 0.3) is 5.69 Å². The van der Waals surface area contributed by atoms with Crippen molar-refractivity contribution in [3.8, 4) is 0 Å². The molecular weight excluding hydrogens is 560 g/mol. The van der Waals surface area contributed by atoms with Crippen molar-refractivity contribution >= 4 is 29.6 Å². The number of aromatic carboxylic acids is 1. The molecule has 0 N–H and O–H groups in total. The summed E-state index contributed by atoms with van der Waals surface area (Å²) in [7, 11) is 0. The van der Waals surface area contributed by atoms with E-state index >= 15 is 0 Å². The molecule has 0 fully saturated rings. The molecule has 12 heteroatoms. The van der Waals surface area contributed by atoms with E-state index in [4.69, 9.17) is 14.2 Å². The summed E-state index contributed by atoms with van der Waals surface area (Å²) < 4.78 is 16.6. The summed E-state index contributed by atoms with van der Waals surface area (Å²) in [6.07, 6.45) is 0.563. The van der Waals surface area contributed by atoms with Crippen LogP contribution < -0.4 is 5.11 Å². The van der Waals surface area contributed by atoms with E-state index in [9.17, 15) is 34.4 Å². The van der Waals surface area contributed by atoms with E-state index in [-0.39, 0.29) is 42.7 Å². The standard InChI is InChI=1S/C24H40NO6.C7H5NO4/c1-17(2)21(26)29-14-11-24(9,10)25(20(7)8,12-15-30-22(27)18(3)4)13-16-31-23(28)19(5)6;9-7(10)5-1-3-6(4-2-5)8(11)12/h20H,1,3,5,11-16H2,2,4,6-10H3;1-4H,(H,9,10)/q+1;/p-1. The second-order valence-electron chi connectivity index (χ2n) is 11.0. The minimum absolute atomic E-state index is 0.0689. The molecule has 0 bridgehead atoms.